The Hall–Kier alpha value is -2.69. The van der Waals surface area contributed by atoms with E-state index in [0.29, 0.717) is 29.6 Å². The van der Waals surface area contributed by atoms with Crippen LogP contribution in [0.2, 0.25) is 0 Å². The molecule has 3 aromatic rings. The molecule has 0 unspecified atom stereocenters. The molecular formula is C15H14N4O. The van der Waals surface area contributed by atoms with E-state index < -0.39 is 0 Å². The first-order chi connectivity index (χ1) is 9.74. The van der Waals surface area contributed by atoms with Gasteiger partial charge in [0.2, 0.25) is 0 Å². The van der Waals surface area contributed by atoms with Crippen LogP contribution >= 0.6 is 0 Å². The van der Waals surface area contributed by atoms with Crippen LogP contribution in [0.3, 0.4) is 0 Å². The normalized spacial score (nSPS) is 10.8. The molecule has 0 aliphatic heterocycles. The Morgan fingerprint density at radius 1 is 1.15 bits per heavy atom. The van der Waals surface area contributed by atoms with E-state index in [1.807, 2.05) is 18.2 Å². The van der Waals surface area contributed by atoms with E-state index in [2.05, 4.69) is 9.97 Å². The number of hydrogen-bond acceptors (Lipinski definition) is 4. The van der Waals surface area contributed by atoms with Gasteiger partial charge in [-0.2, -0.15) is 0 Å². The van der Waals surface area contributed by atoms with Crippen LogP contribution in [0.15, 0.2) is 53.7 Å². The van der Waals surface area contributed by atoms with E-state index in [1.165, 1.54) is 0 Å². The Labute approximate surface area is 115 Å². The minimum absolute atomic E-state index is 0.0711. The Morgan fingerprint density at radius 2 is 2.05 bits per heavy atom. The zero-order chi connectivity index (χ0) is 13.9. The topological polar surface area (TPSA) is 73.8 Å². The lowest BCUT2D eigenvalue weighted by Gasteiger charge is -2.06. The van der Waals surface area contributed by atoms with Crippen molar-refractivity contribution in [1.29, 1.82) is 0 Å². The zero-order valence-corrected chi connectivity index (χ0v) is 10.9. The van der Waals surface area contributed by atoms with Crippen molar-refractivity contribution in [3.63, 3.8) is 0 Å². The van der Waals surface area contributed by atoms with Crippen molar-refractivity contribution in [3.05, 3.63) is 65.0 Å². The first kappa shape index (κ1) is 12.3. The molecule has 2 aromatic heterocycles. The number of fused-ring (bicyclic) bond motifs is 1. The molecule has 5 nitrogen and oxygen atoms in total. The molecule has 0 aliphatic rings. The Kier molecular flexibility index (Phi) is 3.16. The molecule has 1 aromatic carbocycles. The highest BCUT2D eigenvalue weighted by Gasteiger charge is 2.05. The van der Waals surface area contributed by atoms with Crippen molar-refractivity contribution in [2.75, 3.05) is 5.73 Å². The van der Waals surface area contributed by atoms with Crippen LogP contribution in [0.25, 0.3) is 10.9 Å². The van der Waals surface area contributed by atoms with E-state index in [9.17, 15) is 4.79 Å². The second kappa shape index (κ2) is 5.13. The molecule has 0 spiro atoms. The van der Waals surface area contributed by atoms with Gasteiger partial charge < -0.3 is 5.73 Å². The summed E-state index contributed by atoms with van der Waals surface area (Å²) in [5.41, 5.74) is 7.84. The van der Waals surface area contributed by atoms with Crippen molar-refractivity contribution in [3.8, 4) is 0 Å². The predicted octanol–water partition coefficient (Wildman–Crippen LogP) is 1.62. The number of pyridine rings is 1. The van der Waals surface area contributed by atoms with Crippen LogP contribution in [0, 0.1) is 0 Å². The van der Waals surface area contributed by atoms with E-state index in [1.54, 1.807) is 35.3 Å². The predicted molar refractivity (Wildman–Crippen MR) is 78.4 cm³/mol. The fourth-order valence-corrected chi connectivity index (χ4v) is 2.12. The molecule has 2 N–H and O–H groups in total. The van der Waals surface area contributed by atoms with Gasteiger partial charge in [0.25, 0.3) is 5.56 Å². The third-order valence-corrected chi connectivity index (χ3v) is 3.18. The smallest absolute Gasteiger partial charge is 0.261 e. The van der Waals surface area contributed by atoms with E-state index in [4.69, 9.17) is 5.73 Å². The van der Waals surface area contributed by atoms with Gasteiger partial charge in [0.1, 0.15) is 0 Å². The van der Waals surface area contributed by atoms with Crippen LogP contribution < -0.4 is 11.3 Å². The summed E-state index contributed by atoms with van der Waals surface area (Å²) in [7, 11) is 0. The van der Waals surface area contributed by atoms with Gasteiger partial charge in [0.15, 0.2) is 0 Å². The van der Waals surface area contributed by atoms with E-state index in [0.717, 1.165) is 5.69 Å². The molecule has 0 amide bonds. The second-order valence-corrected chi connectivity index (χ2v) is 4.59. The zero-order valence-electron chi connectivity index (χ0n) is 10.9. The van der Waals surface area contributed by atoms with Crippen LogP contribution in [-0.2, 0) is 13.0 Å². The summed E-state index contributed by atoms with van der Waals surface area (Å²) in [6.45, 7) is 0.549. The maximum atomic E-state index is 12.3. The molecule has 20 heavy (non-hydrogen) atoms. The lowest BCUT2D eigenvalue weighted by Crippen LogP contribution is -2.21. The van der Waals surface area contributed by atoms with Crippen LogP contribution in [-0.4, -0.2) is 14.5 Å². The summed E-state index contributed by atoms with van der Waals surface area (Å²) in [5, 5.41) is 0.550. The quantitative estimate of drug-likeness (QED) is 0.731. The van der Waals surface area contributed by atoms with Crippen LogP contribution in [0.1, 0.15) is 5.69 Å². The Morgan fingerprint density at radius 3 is 2.85 bits per heavy atom. The number of nitrogens with two attached hydrogens (primary N) is 1. The molecule has 5 heteroatoms. The van der Waals surface area contributed by atoms with Gasteiger partial charge in [-0.25, -0.2) is 4.98 Å². The molecule has 0 atom stereocenters. The van der Waals surface area contributed by atoms with E-state index in [-0.39, 0.29) is 5.56 Å². The van der Waals surface area contributed by atoms with Crippen molar-refractivity contribution in [1.82, 2.24) is 14.5 Å². The van der Waals surface area contributed by atoms with Gasteiger partial charge >= 0.3 is 0 Å². The number of nitrogen functional groups attached to an aromatic ring is 1. The summed E-state index contributed by atoms with van der Waals surface area (Å²) in [6, 6.07) is 10.9. The standard InChI is InChI=1S/C15H14N4O/c16-11-4-5-14-13(9-11)15(20)19(10-18-14)8-6-12-3-1-2-7-17-12/h1-5,7,9-10H,6,8,16H2. The number of aryl methyl sites for hydroxylation is 2. The van der Waals surface area contributed by atoms with Gasteiger partial charge in [0.05, 0.1) is 17.2 Å². The number of rotatable bonds is 3. The maximum absolute atomic E-state index is 12.3. The number of aromatic nitrogens is 3. The average molecular weight is 266 g/mol. The Balaban J connectivity index is 1.92. The summed E-state index contributed by atoms with van der Waals surface area (Å²) < 4.78 is 1.59. The minimum Gasteiger partial charge on any atom is -0.399 e. The molecule has 2 heterocycles. The number of benzene rings is 1. The fraction of sp³-hybridized carbons (Fsp3) is 0.133. The largest absolute Gasteiger partial charge is 0.399 e. The molecule has 0 saturated carbocycles. The van der Waals surface area contributed by atoms with Crippen molar-refractivity contribution < 1.29 is 0 Å². The highest BCUT2D eigenvalue weighted by atomic mass is 16.1. The first-order valence-corrected chi connectivity index (χ1v) is 6.38. The SMILES string of the molecule is Nc1ccc2ncn(CCc3ccccn3)c(=O)c2c1. The molecule has 0 aliphatic carbocycles. The van der Waals surface area contributed by atoms with Gasteiger partial charge in [-0.15, -0.1) is 0 Å². The molecule has 3 rings (SSSR count). The summed E-state index contributed by atoms with van der Waals surface area (Å²) in [6.07, 6.45) is 4.01. The lowest BCUT2D eigenvalue weighted by atomic mass is 10.2. The van der Waals surface area contributed by atoms with Gasteiger partial charge in [-0.1, -0.05) is 6.07 Å². The molecule has 0 bridgehead atoms. The van der Waals surface area contributed by atoms with Crippen molar-refractivity contribution >= 4 is 16.6 Å². The van der Waals surface area contributed by atoms with Crippen LogP contribution in [0.4, 0.5) is 5.69 Å². The highest BCUT2D eigenvalue weighted by molar-refractivity contribution is 5.80. The summed E-state index contributed by atoms with van der Waals surface area (Å²) >= 11 is 0. The third kappa shape index (κ3) is 2.38. The maximum Gasteiger partial charge on any atom is 0.261 e. The third-order valence-electron chi connectivity index (χ3n) is 3.18. The molecule has 0 saturated heterocycles. The molecular weight excluding hydrogens is 252 g/mol. The number of nitrogens with zero attached hydrogens (tertiary/aromatic N) is 3. The fourth-order valence-electron chi connectivity index (χ4n) is 2.12. The molecule has 0 fully saturated rings. The van der Waals surface area contributed by atoms with Gasteiger partial charge in [0, 0.05) is 30.5 Å². The number of anilines is 1. The van der Waals surface area contributed by atoms with Crippen molar-refractivity contribution in [2.24, 2.45) is 0 Å². The number of hydrogen-bond donors (Lipinski definition) is 1. The van der Waals surface area contributed by atoms with E-state index >= 15 is 0 Å². The molecule has 100 valence electrons. The first-order valence-electron chi connectivity index (χ1n) is 6.38. The Bertz CT molecular complexity index is 796. The monoisotopic (exact) mass is 266 g/mol. The minimum atomic E-state index is -0.0711. The highest BCUT2D eigenvalue weighted by Crippen LogP contribution is 2.11. The second-order valence-electron chi connectivity index (χ2n) is 4.59. The molecule has 0 radical (unpaired) electrons. The summed E-state index contributed by atoms with van der Waals surface area (Å²) in [4.78, 5) is 20.9. The van der Waals surface area contributed by atoms with Crippen molar-refractivity contribution in [2.45, 2.75) is 13.0 Å². The van der Waals surface area contributed by atoms with Gasteiger partial charge in [-0.3, -0.25) is 14.3 Å². The summed E-state index contributed by atoms with van der Waals surface area (Å²) in [5.74, 6) is 0. The lowest BCUT2D eigenvalue weighted by molar-refractivity contribution is 0.654. The van der Waals surface area contributed by atoms with Crippen LogP contribution in [0.5, 0.6) is 0 Å². The van der Waals surface area contributed by atoms with Gasteiger partial charge in [-0.05, 0) is 30.3 Å². The average Bonchev–Trinajstić information content (AvgIpc) is 2.48.